The minimum atomic E-state index is -3.61. The van der Waals surface area contributed by atoms with Gasteiger partial charge in [0, 0.05) is 12.5 Å². The van der Waals surface area contributed by atoms with Crippen LogP contribution in [0.1, 0.15) is 24.9 Å². The predicted molar refractivity (Wildman–Crippen MR) is 115 cm³/mol. The summed E-state index contributed by atoms with van der Waals surface area (Å²) in [4.78, 5) is 12.5. The predicted octanol–water partition coefficient (Wildman–Crippen LogP) is 3.65. The van der Waals surface area contributed by atoms with E-state index < -0.39 is 9.84 Å². The summed E-state index contributed by atoms with van der Waals surface area (Å²) < 4.78 is 36.2. The molecule has 0 unspecified atom stereocenters. The van der Waals surface area contributed by atoms with Gasteiger partial charge >= 0.3 is 0 Å². The van der Waals surface area contributed by atoms with Gasteiger partial charge in [0.2, 0.25) is 5.91 Å². The van der Waals surface area contributed by atoms with E-state index in [4.69, 9.17) is 9.47 Å². The Morgan fingerprint density at radius 1 is 0.967 bits per heavy atom. The third kappa shape index (κ3) is 4.41. The van der Waals surface area contributed by atoms with Crippen LogP contribution in [0.5, 0.6) is 11.5 Å². The fraction of sp³-hybridized carbons (Fsp3) is 0.261. The molecule has 0 saturated heterocycles. The number of fused-ring (bicyclic) bond motifs is 2. The lowest BCUT2D eigenvalue weighted by Crippen LogP contribution is -2.28. The molecular weight excluding hydrogens is 402 g/mol. The van der Waals surface area contributed by atoms with Crippen molar-refractivity contribution in [2.24, 2.45) is 0 Å². The number of benzene rings is 3. The van der Waals surface area contributed by atoms with E-state index in [1.807, 2.05) is 49.4 Å². The maximum atomic E-state index is 12.6. The first-order valence-corrected chi connectivity index (χ1v) is 11.5. The molecule has 0 saturated carbocycles. The molecule has 1 aliphatic heterocycles. The monoisotopic (exact) mass is 425 g/mol. The van der Waals surface area contributed by atoms with Crippen LogP contribution in [-0.4, -0.2) is 33.3 Å². The van der Waals surface area contributed by atoms with Crippen molar-refractivity contribution >= 4 is 26.5 Å². The first-order valence-electron chi connectivity index (χ1n) is 9.83. The SMILES string of the molecule is C[C@@H](NC(=O)CCS(=O)(=O)c1ccc2c(c1)OCCO2)c1ccc2ccccc2c1. The van der Waals surface area contributed by atoms with Crippen molar-refractivity contribution in [3.63, 3.8) is 0 Å². The van der Waals surface area contributed by atoms with Gasteiger partial charge in [-0.25, -0.2) is 8.42 Å². The number of hydrogen-bond donors (Lipinski definition) is 1. The van der Waals surface area contributed by atoms with Gasteiger partial charge in [0.25, 0.3) is 0 Å². The van der Waals surface area contributed by atoms with Crippen LogP contribution in [0, 0.1) is 0 Å². The van der Waals surface area contributed by atoms with Crippen molar-refractivity contribution in [1.82, 2.24) is 5.32 Å². The van der Waals surface area contributed by atoms with Crippen LogP contribution in [0.15, 0.2) is 65.6 Å². The smallest absolute Gasteiger partial charge is 0.221 e. The number of sulfone groups is 1. The average molecular weight is 426 g/mol. The zero-order valence-electron chi connectivity index (χ0n) is 16.6. The molecule has 0 radical (unpaired) electrons. The van der Waals surface area contributed by atoms with E-state index in [1.54, 1.807) is 6.07 Å². The quantitative estimate of drug-likeness (QED) is 0.652. The molecule has 1 heterocycles. The number of carbonyl (C=O) groups excluding carboxylic acids is 1. The molecule has 0 fully saturated rings. The van der Waals surface area contributed by atoms with Crippen LogP contribution in [0.25, 0.3) is 10.8 Å². The van der Waals surface area contributed by atoms with Crippen molar-refractivity contribution in [3.8, 4) is 11.5 Å². The Hall–Kier alpha value is -3.06. The average Bonchev–Trinajstić information content (AvgIpc) is 2.77. The molecule has 1 N–H and O–H groups in total. The topological polar surface area (TPSA) is 81.7 Å². The van der Waals surface area contributed by atoms with Gasteiger partial charge in [-0.3, -0.25) is 4.79 Å². The van der Waals surface area contributed by atoms with Crippen LogP contribution in [0.4, 0.5) is 0 Å². The minimum absolute atomic E-state index is 0.116. The Morgan fingerprint density at radius 2 is 1.70 bits per heavy atom. The van der Waals surface area contributed by atoms with Crippen molar-refractivity contribution in [1.29, 1.82) is 0 Å². The Bertz CT molecular complexity index is 1190. The van der Waals surface area contributed by atoms with Gasteiger partial charge in [0.1, 0.15) is 13.2 Å². The third-order valence-electron chi connectivity index (χ3n) is 5.12. The molecule has 4 rings (SSSR count). The van der Waals surface area contributed by atoms with Crippen molar-refractivity contribution in [2.45, 2.75) is 24.3 Å². The van der Waals surface area contributed by atoms with Gasteiger partial charge in [0.15, 0.2) is 21.3 Å². The molecule has 7 heteroatoms. The summed E-state index contributed by atoms with van der Waals surface area (Å²) in [6, 6.07) is 18.3. The second kappa shape index (κ2) is 8.36. The Morgan fingerprint density at radius 3 is 2.50 bits per heavy atom. The lowest BCUT2D eigenvalue weighted by atomic mass is 10.0. The molecule has 0 spiro atoms. The Balaban J connectivity index is 1.38. The Kier molecular flexibility index (Phi) is 5.63. The van der Waals surface area contributed by atoms with Gasteiger partial charge in [0.05, 0.1) is 16.7 Å². The summed E-state index contributed by atoms with van der Waals surface area (Å²) in [6.45, 7) is 2.71. The first-order chi connectivity index (χ1) is 14.4. The zero-order chi connectivity index (χ0) is 21.1. The van der Waals surface area contributed by atoms with Crippen molar-refractivity contribution in [2.75, 3.05) is 19.0 Å². The third-order valence-corrected chi connectivity index (χ3v) is 6.84. The lowest BCUT2D eigenvalue weighted by molar-refractivity contribution is -0.121. The molecule has 156 valence electrons. The van der Waals surface area contributed by atoms with Crippen LogP contribution in [0.3, 0.4) is 0 Å². The Labute approximate surface area is 175 Å². The zero-order valence-corrected chi connectivity index (χ0v) is 17.4. The second-order valence-corrected chi connectivity index (χ2v) is 9.38. The minimum Gasteiger partial charge on any atom is -0.486 e. The number of rotatable bonds is 6. The highest BCUT2D eigenvalue weighted by atomic mass is 32.2. The molecule has 30 heavy (non-hydrogen) atoms. The van der Waals surface area contributed by atoms with E-state index >= 15 is 0 Å². The molecule has 1 atom stereocenters. The fourth-order valence-corrected chi connectivity index (χ4v) is 4.69. The van der Waals surface area contributed by atoms with Crippen LogP contribution in [-0.2, 0) is 14.6 Å². The highest BCUT2D eigenvalue weighted by Crippen LogP contribution is 2.32. The van der Waals surface area contributed by atoms with E-state index in [-0.39, 0.29) is 29.0 Å². The maximum absolute atomic E-state index is 12.6. The van der Waals surface area contributed by atoms with Crippen molar-refractivity contribution < 1.29 is 22.7 Å². The van der Waals surface area contributed by atoms with Crippen molar-refractivity contribution in [3.05, 3.63) is 66.2 Å². The highest BCUT2D eigenvalue weighted by Gasteiger charge is 2.21. The van der Waals surface area contributed by atoms with Gasteiger partial charge in [-0.05, 0) is 41.5 Å². The van der Waals surface area contributed by atoms with Crippen LogP contribution in [0.2, 0.25) is 0 Å². The molecule has 0 aliphatic carbocycles. The summed E-state index contributed by atoms with van der Waals surface area (Å²) in [6.07, 6.45) is -0.116. The van der Waals surface area contributed by atoms with Crippen LogP contribution >= 0.6 is 0 Å². The summed E-state index contributed by atoms with van der Waals surface area (Å²) >= 11 is 0. The molecule has 1 aliphatic rings. The standard InChI is InChI=1S/C23H23NO5S/c1-16(18-7-6-17-4-2-3-5-19(17)14-18)24-23(25)10-13-30(26,27)20-8-9-21-22(15-20)29-12-11-28-21/h2-9,14-16H,10-13H2,1H3,(H,24,25)/t16-/m1/s1. The summed E-state index contributed by atoms with van der Waals surface area (Å²) in [5.74, 6) is 0.360. The lowest BCUT2D eigenvalue weighted by Gasteiger charge is -2.19. The molecule has 3 aromatic rings. The molecular formula is C23H23NO5S. The fourth-order valence-electron chi connectivity index (χ4n) is 3.44. The van der Waals surface area contributed by atoms with Gasteiger partial charge < -0.3 is 14.8 Å². The maximum Gasteiger partial charge on any atom is 0.221 e. The first kappa shape index (κ1) is 20.2. The van der Waals surface area contributed by atoms with Gasteiger partial charge in [-0.1, -0.05) is 36.4 Å². The molecule has 0 bridgehead atoms. The van der Waals surface area contributed by atoms with Gasteiger partial charge in [-0.2, -0.15) is 0 Å². The van der Waals surface area contributed by atoms with E-state index in [1.165, 1.54) is 12.1 Å². The summed E-state index contributed by atoms with van der Waals surface area (Å²) in [5, 5.41) is 5.11. The molecule has 6 nitrogen and oxygen atoms in total. The summed E-state index contributed by atoms with van der Waals surface area (Å²) in [5.41, 5.74) is 0.969. The van der Waals surface area contributed by atoms with E-state index in [9.17, 15) is 13.2 Å². The van der Waals surface area contributed by atoms with Crippen LogP contribution < -0.4 is 14.8 Å². The molecule has 0 aromatic heterocycles. The number of ether oxygens (including phenoxy) is 2. The van der Waals surface area contributed by atoms with E-state index in [0.29, 0.717) is 24.7 Å². The normalized spacial score (nSPS) is 14.3. The van der Waals surface area contributed by atoms with Gasteiger partial charge in [-0.15, -0.1) is 0 Å². The molecule has 1 amide bonds. The number of amides is 1. The number of nitrogens with one attached hydrogen (secondary N) is 1. The van der Waals surface area contributed by atoms with E-state index in [0.717, 1.165) is 16.3 Å². The summed E-state index contributed by atoms with van der Waals surface area (Å²) in [7, 11) is -3.61. The number of carbonyl (C=O) groups is 1. The highest BCUT2D eigenvalue weighted by molar-refractivity contribution is 7.91. The van der Waals surface area contributed by atoms with E-state index in [2.05, 4.69) is 5.32 Å². The second-order valence-electron chi connectivity index (χ2n) is 7.27. The molecule has 3 aromatic carbocycles. The number of hydrogen-bond acceptors (Lipinski definition) is 5. The largest absolute Gasteiger partial charge is 0.486 e.